The van der Waals surface area contributed by atoms with Crippen LogP contribution in [0.4, 0.5) is 0 Å². The van der Waals surface area contributed by atoms with E-state index in [1.54, 1.807) is 12.1 Å². The topological polar surface area (TPSA) is 200 Å². The predicted molar refractivity (Wildman–Crippen MR) is 150 cm³/mol. The summed E-state index contributed by atoms with van der Waals surface area (Å²) in [6.45, 7) is 3.08. The first-order valence-corrected chi connectivity index (χ1v) is 15.3. The van der Waals surface area contributed by atoms with Crippen LogP contribution in [0.3, 0.4) is 0 Å². The number of aromatic hydroxyl groups is 1. The van der Waals surface area contributed by atoms with Gasteiger partial charge in [0.2, 0.25) is 35.4 Å². The Bertz CT molecular complexity index is 1140. The number of nitrogens with two attached hydrogens (primary N) is 1. The van der Waals surface area contributed by atoms with Gasteiger partial charge in [0.25, 0.3) is 0 Å². The molecule has 2 heterocycles. The van der Waals surface area contributed by atoms with Gasteiger partial charge in [0.05, 0.1) is 0 Å². The maximum atomic E-state index is 13.3. The largest absolute Gasteiger partial charge is 0.508 e. The molecule has 0 bridgehead atoms. The van der Waals surface area contributed by atoms with Crippen LogP contribution in [0, 0.1) is 0 Å². The van der Waals surface area contributed by atoms with Crippen LogP contribution in [-0.2, 0) is 35.2 Å². The molecule has 2 aliphatic heterocycles. The van der Waals surface area contributed by atoms with Crippen LogP contribution in [0.1, 0.15) is 32.3 Å². The smallest absolute Gasteiger partial charge is 0.245 e. The van der Waals surface area contributed by atoms with Crippen molar-refractivity contribution in [2.45, 2.75) is 63.3 Å². The minimum Gasteiger partial charge on any atom is -0.508 e. The van der Waals surface area contributed by atoms with Crippen LogP contribution in [0.25, 0.3) is 0 Å². The Kier molecular flexibility index (Phi) is 11.1. The maximum Gasteiger partial charge on any atom is 0.245 e. The molecule has 2 fully saturated rings. The lowest BCUT2D eigenvalue weighted by atomic mass is 10.0. The first-order valence-electron chi connectivity index (χ1n) is 12.8. The summed E-state index contributed by atoms with van der Waals surface area (Å²) < 4.78 is 0. The van der Waals surface area contributed by atoms with Crippen molar-refractivity contribution >= 4 is 57.0 Å². The summed E-state index contributed by atoms with van der Waals surface area (Å²) >= 11 is 0. The van der Waals surface area contributed by atoms with Crippen LogP contribution >= 0.6 is 21.6 Å². The summed E-state index contributed by atoms with van der Waals surface area (Å²) in [4.78, 5) is 77.7. The van der Waals surface area contributed by atoms with Crippen LogP contribution < -0.4 is 27.0 Å². The zero-order valence-electron chi connectivity index (χ0n) is 22.2. The van der Waals surface area contributed by atoms with Gasteiger partial charge in [-0.15, -0.1) is 0 Å². The fraction of sp³-hybridized carbons (Fsp3) is 0.520. The molecule has 13 nitrogen and oxygen atoms in total. The van der Waals surface area contributed by atoms with Crippen molar-refractivity contribution in [2.24, 2.45) is 5.73 Å². The Morgan fingerprint density at radius 2 is 1.77 bits per heavy atom. The van der Waals surface area contributed by atoms with Gasteiger partial charge < -0.3 is 37.0 Å². The van der Waals surface area contributed by atoms with Crippen LogP contribution in [0.2, 0.25) is 0 Å². The molecule has 1 aromatic rings. The molecule has 15 heteroatoms. The highest BCUT2D eigenvalue weighted by Crippen LogP contribution is 2.25. The van der Waals surface area contributed by atoms with E-state index in [9.17, 15) is 33.9 Å². The molecule has 3 rings (SSSR count). The number of hydrogen-bond acceptors (Lipinski definition) is 9. The van der Waals surface area contributed by atoms with Crippen molar-refractivity contribution in [2.75, 3.05) is 18.1 Å². The van der Waals surface area contributed by atoms with Gasteiger partial charge in [-0.2, -0.15) is 0 Å². The molecule has 218 valence electrons. The highest BCUT2D eigenvalue weighted by Gasteiger charge is 2.38. The normalized spacial score (nSPS) is 25.1. The SMILES string of the molecule is CC(=O)N[C@@H](Cc1ccc(O)cc1)C(=O)N[C@H]1CSSC[C@@H](C(N)=O)NC(=O)[C@@H]2CCCN2C(=O)[C@H](C)NC1=O. The number of carbonyl (C=O) groups is 6. The highest BCUT2D eigenvalue weighted by molar-refractivity contribution is 8.76. The second-order valence-electron chi connectivity index (χ2n) is 9.64. The summed E-state index contributed by atoms with van der Waals surface area (Å²) in [7, 11) is 2.38. The van der Waals surface area contributed by atoms with Gasteiger partial charge in [0, 0.05) is 31.4 Å². The van der Waals surface area contributed by atoms with E-state index in [4.69, 9.17) is 5.73 Å². The number of primary amides is 1. The van der Waals surface area contributed by atoms with Crippen molar-refractivity contribution in [1.29, 1.82) is 0 Å². The lowest BCUT2D eigenvalue weighted by Crippen LogP contribution is -2.59. The molecule has 7 N–H and O–H groups in total. The number of rotatable bonds is 6. The summed E-state index contributed by atoms with van der Waals surface area (Å²) in [6, 6.07) is 1.29. The second-order valence-corrected chi connectivity index (χ2v) is 12.2. The number of benzene rings is 1. The number of amides is 6. The minimum absolute atomic E-state index is 0.0530. The molecule has 5 atom stereocenters. The molecule has 0 radical (unpaired) electrons. The van der Waals surface area contributed by atoms with Crippen molar-refractivity contribution in [3.63, 3.8) is 0 Å². The molecule has 0 unspecified atom stereocenters. The molecule has 2 saturated heterocycles. The average Bonchev–Trinajstić information content (AvgIpc) is 3.39. The van der Waals surface area contributed by atoms with Gasteiger partial charge in [-0.3, -0.25) is 28.8 Å². The summed E-state index contributed by atoms with van der Waals surface area (Å²) in [6.07, 6.45) is 1.10. The van der Waals surface area contributed by atoms with Gasteiger partial charge in [-0.05, 0) is 37.5 Å². The molecule has 0 saturated carbocycles. The molecular weight excluding hydrogens is 560 g/mol. The van der Waals surface area contributed by atoms with Crippen molar-refractivity contribution in [1.82, 2.24) is 26.2 Å². The van der Waals surface area contributed by atoms with Gasteiger partial charge in [0.1, 0.15) is 36.0 Å². The molecular formula is C25H34N6O7S2. The molecule has 1 aromatic carbocycles. The zero-order valence-corrected chi connectivity index (χ0v) is 23.8. The van der Waals surface area contributed by atoms with E-state index in [2.05, 4.69) is 21.3 Å². The van der Waals surface area contributed by atoms with Crippen LogP contribution in [0.15, 0.2) is 24.3 Å². The van der Waals surface area contributed by atoms with E-state index in [0.29, 0.717) is 24.9 Å². The van der Waals surface area contributed by atoms with Gasteiger partial charge in [0.15, 0.2) is 0 Å². The fourth-order valence-corrected chi connectivity index (χ4v) is 6.74. The Morgan fingerprint density at radius 1 is 1.10 bits per heavy atom. The molecule has 40 heavy (non-hydrogen) atoms. The summed E-state index contributed by atoms with van der Waals surface area (Å²) in [5.41, 5.74) is 6.16. The highest BCUT2D eigenvalue weighted by atomic mass is 33.1. The quantitative estimate of drug-likeness (QED) is 0.219. The number of phenols is 1. The van der Waals surface area contributed by atoms with E-state index in [-0.39, 0.29) is 23.7 Å². The number of fused-ring (bicyclic) bond motifs is 1. The van der Waals surface area contributed by atoms with Gasteiger partial charge in [-0.25, -0.2) is 0 Å². The number of carbonyl (C=O) groups excluding carboxylic acids is 6. The number of phenolic OH excluding ortho intramolecular Hbond substituents is 1. The number of hydrogen-bond donors (Lipinski definition) is 6. The standard InChI is InChI=1S/C25H34N6O7S2/c1-13-25(38)31-9-3-4-20(31)24(37)29-18(21(26)34)11-39-40-12-19(23(36)27-13)30-22(35)17(28-14(2)32)10-15-5-7-16(33)8-6-15/h5-8,13,17-20,33H,3-4,9-12H2,1-2H3,(H2,26,34)(H,27,36)(H,28,32)(H,29,37)(H,30,35)/t13-,17-,18-,19-,20-/m0/s1. The zero-order chi connectivity index (χ0) is 29.4. The molecule has 0 spiro atoms. The van der Waals surface area contributed by atoms with Gasteiger partial charge in [-0.1, -0.05) is 33.7 Å². The molecule has 0 aliphatic carbocycles. The van der Waals surface area contributed by atoms with E-state index >= 15 is 0 Å². The van der Waals surface area contributed by atoms with Gasteiger partial charge >= 0.3 is 0 Å². The lowest BCUT2D eigenvalue weighted by Gasteiger charge is -2.30. The third-order valence-corrected chi connectivity index (χ3v) is 8.91. The Morgan fingerprint density at radius 3 is 2.42 bits per heavy atom. The third-order valence-electron chi connectivity index (χ3n) is 6.48. The maximum absolute atomic E-state index is 13.3. The molecule has 0 aromatic heterocycles. The third kappa shape index (κ3) is 8.52. The summed E-state index contributed by atoms with van der Waals surface area (Å²) in [5, 5.41) is 20.1. The van der Waals surface area contributed by atoms with Crippen molar-refractivity contribution in [3.05, 3.63) is 29.8 Å². The molecule has 2 aliphatic rings. The van der Waals surface area contributed by atoms with E-state index in [0.717, 1.165) is 0 Å². The van der Waals surface area contributed by atoms with Crippen molar-refractivity contribution in [3.8, 4) is 5.75 Å². The number of nitrogens with one attached hydrogen (secondary N) is 4. The second kappa shape index (κ2) is 14.3. The predicted octanol–water partition coefficient (Wildman–Crippen LogP) is -1.21. The Labute approximate surface area is 239 Å². The number of nitrogens with zero attached hydrogens (tertiary/aromatic N) is 1. The summed E-state index contributed by atoms with van der Waals surface area (Å²) in [5.74, 6) is -3.12. The van der Waals surface area contributed by atoms with Crippen LogP contribution in [-0.4, -0.2) is 93.7 Å². The van der Waals surface area contributed by atoms with Crippen molar-refractivity contribution < 1.29 is 33.9 Å². The fourth-order valence-electron chi connectivity index (χ4n) is 4.40. The van der Waals surface area contributed by atoms with E-state index in [1.807, 2.05) is 0 Å². The van der Waals surface area contributed by atoms with E-state index in [1.165, 1.54) is 52.5 Å². The lowest BCUT2D eigenvalue weighted by molar-refractivity contribution is -0.141. The first-order chi connectivity index (χ1) is 19.0. The minimum atomic E-state index is -1.09. The van der Waals surface area contributed by atoms with Crippen LogP contribution in [0.5, 0.6) is 5.75 Å². The Hall–Kier alpha value is -3.46. The Balaban J connectivity index is 1.79. The first kappa shape index (κ1) is 31.1. The van der Waals surface area contributed by atoms with E-state index < -0.39 is 65.7 Å². The average molecular weight is 595 g/mol. The monoisotopic (exact) mass is 594 g/mol. The molecule has 6 amide bonds.